The number of esters is 2. The topological polar surface area (TPSA) is 87.9 Å². The highest BCUT2D eigenvalue weighted by Crippen LogP contribution is 2.31. The van der Waals surface area contributed by atoms with Crippen molar-refractivity contribution in [2.45, 2.75) is 53.8 Å². The summed E-state index contributed by atoms with van der Waals surface area (Å²) >= 11 is 0. The van der Waals surface area contributed by atoms with Crippen LogP contribution in [0.1, 0.15) is 41.5 Å². The van der Waals surface area contributed by atoms with Crippen LogP contribution in [0, 0.1) is 0 Å². The van der Waals surface area contributed by atoms with E-state index >= 15 is 0 Å². The van der Waals surface area contributed by atoms with Crippen molar-refractivity contribution in [2.24, 2.45) is 5.50 Å². The highest BCUT2D eigenvalue weighted by atomic mass is 31.2. The van der Waals surface area contributed by atoms with Crippen molar-refractivity contribution in [1.82, 2.24) is 0 Å². The van der Waals surface area contributed by atoms with E-state index in [1.54, 1.807) is 0 Å². The van der Waals surface area contributed by atoms with E-state index in [4.69, 9.17) is 14.6 Å². The Hall–Kier alpha value is -0.550. The quantitative estimate of drug-likeness (QED) is 0.477. The lowest BCUT2D eigenvalue weighted by atomic mass is 10.5. The third-order valence-electron chi connectivity index (χ3n) is 0.917. The molecule has 17 heavy (non-hydrogen) atoms. The average Bonchev–Trinajstić information content (AvgIpc) is 1.97. The molecule has 7 heteroatoms. The van der Waals surface area contributed by atoms with Gasteiger partial charge in [0, 0.05) is 13.8 Å². The van der Waals surface area contributed by atoms with E-state index in [1.165, 1.54) is 13.8 Å². The molecule has 0 aliphatic heterocycles. The maximum atomic E-state index is 9.81. The first kappa shape index (κ1) is 18.8. The Morgan fingerprint density at radius 2 is 1.24 bits per heavy atom. The van der Waals surface area contributed by atoms with Gasteiger partial charge in [-0.25, -0.2) is 0 Å². The molecule has 0 aromatic carbocycles. The van der Waals surface area contributed by atoms with Gasteiger partial charge in [0.15, 0.2) is 0 Å². The molecule has 0 heterocycles. The normalized spacial score (nSPS) is 10.2. The van der Waals surface area contributed by atoms with Crippen molar-refractivity contribution in [3.8, 4) is 0 Å². The van der Waals surface area contributed by atoms with Crippen LogP contribution in [0.15, 0.2) is 0 Å². The second kappa shape index (κ2) is 10.6. The fraction of sp³-hybridized carbons (Fsp3) is 0.800. The summed E-state index contributed by atoms with van der Waals surface area (Å²) in [5, 5.41) is 0. The summed E-state index contributed by atoms with van der Waals surface area (Å²) in [5.74, 6) is -1.12. The molecule has 0 radical (unpaired) electrons. The minimum Gasteiger partial charge on any atom is -0.394 e. The van der Waals surface area contributed by atoms with E-state index < -0.39 is 20.5 Å². The smallest absolute Gasteiger partial charge is 0.310 e. The van der Waals surface area contributed by atoms with Gasteiger partial charge in [0.1, 0.15) is 0 Å². The van der Waals surface area contributed by atoms with Gasteiger partial charge in [0.25, 0.3) is 8.53 Å². The van der Waals surface area contributed by atoms with E-state index in [0.717, 1.165) is 0 Å². The maximum absolute atomic E-state index is 9.81. The lowest BCUT2D eigenvalue weighted by molar-refractivity contribution is -0.156. The average molecular weight is 267 g/mol. The molecule has 2 N–H and O–H groups in total. The molecule has 0 aromatic rings. The molecule has 0 aromatic heterocycles. The number of hydrogen-bond donors (Lipinski definition) is 1. The zero-order chi connectivity index (χ0) is 14.0. The van der Waals surface area contributed by atoms with Crippen molar-refractivity contribution in [2.75, 3.05) is 0 Å². The number of carbonyl (C=O) groups is 2. The summed E-state index contributed by atoms with van der Waals surface area (Å²) in [6, 6.07) is 0. The van der Waals surface area contributed by atoms with Gasteiger partial charge in [-0.3, -0.25) is 15.1 Å². The Morgan fingerprint density at radius 1 is 0.941 bits per heavy atom. The van der Waals surface area contributed by atoms with Gasteiger partial charge in [-0.05, 0) is 27.7 Å². The standard InChI is InChI=1S/C6H16NO2P.C4H6O3/c1-5(2)8-10(7)9-6(3)4;1-3(5)7-4(2)6/h5-6H,7H2,1-4H3;1-2H3. The maximum Gasteiger partial charge on any atom is 0.310 e. The lowest BCUT2D eigenvalue weighted by Gasteiger charge is -2.16. The Balaban J connectivity index is 0. The van der Waals surface area contributed by atoms with Crippen LogP contribution in [0.2, 0.25) is 0 Å². The second-order valence-electron chi connectivity index (χ2n) is 3.68. The Labute approximate surface area is 104 Å². The zero-order valence-electron chi connectivity index (χ0n) is 11.2. The van der Waals surface area contributed by atoms with Crippen LogP contribution in [-0.4, -0.2) is 24.1 Å². The number of nitrogens with two attached hydrogens (primary N) is 1. The van der Waals surface area contributed by atoms with Crippen LogP contribution in [0.4, 0.5) is 0 Å². The minimum atomic E-state index is -1.16. The molecule has 0 aliphatic rings. The lowest BCUT2D eigenvalue weighted by Crippen LogP contribution is -2.08. The van der Waals surface area contributed by atoms with E-state index in [0.29, 0.717) is 0 Å². The molecule has 0 atom stereocenters. The van der Waals surface area contributed by atoms with Crippen LogP contribution in [0.25, 0.3) is 0 Å². The van der Waals surface area contributed by atoms with Crippen LogP contribution in [0.3, 0.4) is 0 Å². The van der Waals surface area contributed by atoms with Crippen molar-refractivity contribution < 1.29 is 23.4 Å². The molecular weight excluding hydrogens is 245 g/mol. The van der Waals surface area contributed by atoms with Crippen LogP contribution in [-0.2, 0) is 23.4 Å². The van der Waals surface area contributed by atoms with E-state index in [-0.39, 0.29) is 12.2 Å². The Bertz CT molecular complexity index is 211. The SMILES string of the molecule is CC(=O)OC(C)=O.CC(C)OP(N)OC(C)C. The molecule has 0 aliphatic carbocycles. The van der Waals surface area contributed by atoms with Gasteiger partial charge < -0.3 is 13.8 Å². The summed E-state index contributed by atoms with van der Waals surface area (Å²) < 4.78 is 14.3. The van der Waals surface area contributed by atoms with Crippen molar-refractivity contribution >= 4 is 20.5 Å². The summed E-state index contributed by atoms with van der Waals surface area (Å²) in [5.41, 5.74) is 5.50. The molecule has 0 fully saturated rings. The zero-order valence-corrected chi connectivity index (χ0v) is 12.1. The summed E-state index contributed by atoms with van der Waals surface area (Å²) in [6.45, 7) is 10.1. The molecule has 0 saturated heterocycles. The summed E-state index contributed by atoms with van der Waals surface area (Å²) in [6.07, 6.45) is 0.296. The summed E-state index contributed by atoms with van der Waals surface area (Å²) in [7, 11) is -1.16. The van der Waals surface area contributed by atoms with Crippen molar-refractivity contribution in [3.05, 3.63) is 0 Å². The summed E-state index contributed by atoms with van der Waals surface area (Å²) in [4.78, 5) is 19.6. The first-order valence-corrected chi connectivity index (χ1v) is 6.47. The van der Waals surface area contributed by atoms with Crippen LogP contribution < -0.4 is 5.50 Å². The molecule has 102 valence electrons. The number of carbonyl (C=O) groups excluding carboxylic acids is 2. The molecule has 0 rings (SSSR count). The number of ether oxygens (including phenoxy) is 1. The van der Waals surface area contributed by atoms with Gasteiger partial charge in [-0.1, -0.05) is 0 Å². The first-order valence-electron chi connectivity index (χ1n) is 5.22. The largest absolute Gasteiger partial charge is 0.394 e. The predicted octanol–water partition coefficient (Wildman–Crippen LogP) is 2.12. The first-order chi connectivity index (χ1) is 7.65. The monoisotopic (exact) mass is 267 g/mol. The van der Waals surface area contributed by atoms with Gasteiger partial charge in [-0.15, -0.1) is 0 Å². The fourth-order valence-corrected chi connectivity index (χ4v) is 1.52. The van der Waals surface area contributed by atoms with E-state index in [1.807, 2.05) is 27.7 Å². The second-order valence-corrected chi connectivity index (χ2v) is 4.67. The highest BCUT2D eigenvalue weighted by molar-refractivity contribution is 7.44. The Kier molecular flexibility index (Phi) is 11.7. The van der Waals surface area contributed by atoms with E-state index in [2.05, 4.69) is 4.74 Å². The van der Waals surface area contributed by atoms with Crippen molar-refractivity contribution in [3.63, 3.8) is 0 Å². The van der Waals surface area contributed by atoms with Gasteiger partial charge in [-0.2, -0.15) is 0 Å². The van der Waals surface area contributed by atoms with Crippen LogP contribution >= 0.6 is 8.53 Å². The van der Waals surface area contributed by atoms with Gasteiger partial charge >= 0.3 is 11.9 Å². The molecule has 6 nitrogen and oxygen atoms in total. The molecule has 0 bridgehead atoms. The fourth-order valence-electron chi connectivity index (χ4n) is 0.643. The minimum absolute atomic E-state index is 0.148. The molecule has 0 unspecified atom stereocenters. The third kappa shape index (κ3) is 21.3. The highest BCUT2D eigenvalue weighted by Gasteiger charge is 2.07. The van der Waals surface area contributed by atoms with Crippen LogP contribution in [0.5, 0.6) is 0 Å². The molecular formula is C10H22NO5P. The third-order valence-corrected chi connectivity index (χ3v) is 2.18. The molecule has 0 amide bonds. The van der Waals surface area contributed by atoms with Crippen molar-refractivity contribution in [1.29, 1.82) is 0 Å². The number of hydrogen-bond acceptors (Lipinski definition) is 6. The Morgan fingerprint density at radius 3 is 1.35 bits per heavy atom. The number of rotatable bonds is 4. The molecule has 0 saturated carbocycles. The molecule has 0 spiro atoms. The van der Waals surface area contributed by atoms with Gasteiger partial charge in [0.2, 0.25) is 0 Å². The van der Waals surface area contributed by atoms with E-state index in [9.17, 15) is 9.59 Å². The van der Waals surface area contributed by atoms with Gasteiger partial charge in [0.05, 0.1) is 12.2 Å². The predicted molar refractivity (Wildman–Crippen MR) is 66.0 cm³/mol.